The van der Waals surface area contributed by atoms with E-state index in [2.05, 4.69) is 9.97 Å². The summed E-state index contributed by atoms with van der Waals surface area (Å²) in [4.78, 5) is 18.3. The molecule has 4 heteroatoms. The van der Waals surface area contributed by atoms with Gasteiger partial charge in [-0.3, -0.25) is 4.79 Å². The monoisotopic (exact) mass is 164 g/mol. The number of aldehydes is 1. The Kier molecular flexibility index (Phi) is 1.83. The highest BCUT2D eigenvalue weighted by atomic mass is 16.5. The van der Waals surface area contributed by atoms with E-state index in [0.717, 1.165) is 17.7 Å². The Morgan fingerprint density at radius 2 is 2.50 bits per heavy atom. The Hall–Kier alpha value is -1.29. The molecule has 0 aliphatic carbocycles. The van der Waals surface area contributed by atoms with Gasteiger partial charge in [-0.1, -0.05) is 0 Å². The van der Waals surface area contributed by atoms with Crippen molar-refractivity contribution in [1.29, 1.82) is 0 Å². The minimum Gasteiger partial charge on any atom is -0.376 e. The van der Waals surface area contributed by atoms with Crippen molar-refractivity contribution in [2.75, 3.05) is 6.61 Å². The van der Waals surface area contributed by atoms with Crippen LogP contribution in [0.5, 0.6) is 0 Å². The molecule has 1 aromatic heterocycles. The average molecular weight is 164 g/mol. The zero-order valence-electron chi connectivity index (χ0n) is 6.49. The number of nitrogens with zero attached hydrogens (tertiary/aromatic N) is 2. The smallest absolute Gasteiger partial charge is 0.192 e. The SMILES string of the molecule is O=Cc1ncc2c(n1)CCOC2. The van der Waals surface area contributed by atoms with Crippen LogP contribution in [0.4, 0.5) is 0 Å². The van der Waals surface area contributed by atoms with Gasteiger partial charge in [-0.2, -0.15) is 0 Å². The van der Waals surface area contributed by atoms with Crippen molar-refractivity contribution < 1.29 is 9.53 Å². The number of hydrogen-bond donors (Lipinski definition) is 0. The summed E-state index contributed by atoms with van der Waals surface area (Å²) in [7, 11) is 0. The molecule has 0 saturated heterocycles. The molecule has 1 aliphatic rings. The highest BCUT2D eigenvalue weighted by Gasteiger charge is 2.11. The van der Waals surface area contributed by atoms with Crippen molar-refractivity contribution in [3.63, 3.8) is 0 Å². The fourth-order valence-electron chi connectivity index (χ4n) is 1.20. The third-order valence-electron chi connectivity index (χ3n) is 1.82. The summed E-state index contributed by atoms with van der Waals surface area (Å²) in [5, 5.41) is 0. The number of aromatic nitrogens is 2. The van der Waals surface area contributed by atoms with Gasteiger partial charge in [0.1, 0.15) is 0 Å². The third-order valence-corrected chi connectivity index (χ3v) is 1.82. The van der Waals surface area contributed by atoms with E-state index in [1.165, 1.54) is 0 Å². The summed E-state index contributed by atoms with van der Waals surface area (Å²) in [6, 6.07) is 0. The van der Waals surface area contributed by atoms with Crippen LogP contribution in [-0.4, -0.2) is 22.9 Å². The first-order valence-electron chi connectivity index (χ1n) is 3.78. The molecule has 0 bridgehead atoms. The van der Waals surface area contributed by atoms with Crippen LogP contribution in [0, 0.1) is 0 Å². The fraction of sp³-hybridized carbons (Fsp3) is 0.375. The van der Waals surface area contributed by atoms with E-state index >= 15 is 0 Å². The van der Waals surface area contributed by atoms with Crippen LogP contribution < -0.4 is 0 Å². The summed E-state index contributed by atoms with van der Waals surface area (Å²) in [5.41, 5.74) is 1.94. The average Bonchev–Trinajstić information content (AvgIpc) is 2.17. The van der Waals surface area contributed by atoms with E-state index in [-0.39, 0.29) is 5.82 Å². The lowest BCUT2D eigenvalue weighted by molar-refractivity contribution is 0.107. The number of fused-ring (bicyclic) bond motifs is 1. The predicted octanol–water partition coefficient (Wildman–Crippen LogP) is 0.362. The predicted molar refractivity (Wildman–Crippen MR) is 40.8 cm³/mol. The molecule has 12 heavy (non-hydrogen) atoms. The number of carbonyl (C=O) groups excluding carboxylic acids is 1. The van der Waals surface area contributed by atoms with Crippen molar-refractivity contribution in [3.05, 3.63) is 23.3 Å². The van der Waals surface area contributed by atoms with Gasteiger partial charge < -0.3 is 4.74 Å². The highest BCUT2D eigenvalue weighted by Crippen LogP contribution is 2.12. The molecule has 1 aliphatic heterocycles. The molecule has 0 N–H and O–H groups in total. The highest BCUT2D eigenvalue weighted by molar-refractivity contribution is 5.68. The summed E-state index contributed by atoms with van der Waals surface area (Å²) in [5.74, 6) is 0.260. The second-order valence-corrected chi connectivity index (χ2v) is 2.62. The number of carbonyl (C=O) groups is 1. The molecule has 0 fully saturated rings. The van der Waals surface area contributed by atoms with E-state index in [1.54, 1.807) is 6.20 Å². The maximum atomic E-state index is 10.3. The Morgan fingerprint density at radius 3 is 3.33 bits per heavy atom. The minimum atomic E-state index is 0.260. The molecule has 0 amide bonds. The van der Waals surface area contributed by atoms with Crippen LogP contribution in [0.3, 0.4) is 0 Å². The zero-order chi connectivity index (χ0) is 8.39. The van der Waals surface area contributed by atoms with E-state index in [9.17, 15) is 4.79 Å². The molecule has 0 spiro atoms. The molecule has 0 unspecified atom stereocenters. The van der Waals surface area contributed by atoms with E-state index in [1.807, 2.05) is 0 Å². The topological polar surface area (TPSA) is 52.1 Å². The zero-order valence-corrected chi connectivity index (χ0v) is 6.49. The number of hydrogen-bond acceptors (Lipinski definition) is 4. The number of ether oxygens (including phenoxy) is 1. The van der Waals surface area contributed by atoms with Gasteiger partial charge in [-0.15, -0.1) is 0 Å². The first-order chi connectivity index (χ1) is 5.90. The lowest BCUT2D eigenvalue weighted by atomic mass is 10.1. The van der Waals surface area contributed by atoms with Crippen LogP contribution >= 0.6 is 0 Å². The first-order valence-corrected chi connectivity index (χ1v) is 3.78. The Labute approximate surface area is 69.6 Å². The molecule has 1 aromatic rings. The Balaban J connectivity index is 2.42. The summed E-state index contributed by atoms with van der Waals surface area (Å²) >= 11 is 0. The second-order valence-electron chi connectivity index (χ2n) is 2.62. The fourth-order valence-corrected chi connectivity index (χ4v) is 1.20. The summed E-state index contributed by atoms with van der Waals surface area (Å²) in [6.45, 7) is 1.25. The van der Waals surface area contributed by atoms with Gasteiger partial charge in [0.2, 0.25) is 0 Å². The molecule has 0 aromatic carbocycles. The molecular formula is C8H8N2O2. The van der Waals surface area contributed by atoms with Crippen molar-refractivity contribution in [2.24, 2.45) is 0 Å². The molecule has 2 rings (SSSR count). The van der Waals surface area contributed by atoms with Crippen LogP contribution in [0.1, 0.15) is 21.9 Å². The lowest BCUT2D eigenvalue weighted by Crippen LogP contribution is -2.13. The van der Waals surface area contributed by atoms with Crippen molar-refractivity contribution in [2.45, 2.75) is 13.0 Å². The standard InChI is InChI=1S/C8H8N2O2/c11-4-8-9-3-6-5-12-2-1-7(6)10-8/h3-4H,1-2,5H2. The Morgan fingerprint density at radius 1 is 1.58 bits per heavy atom. The van der Waals surface area contributed by atoms with Gasteiger partial charge in [0.05, 0.1) is 18.9 Å². The van der Waals surface area contributed by atoms with Gasteiger partial charge in [-0.25, -0.2) is 9.97 Å². The van der Waals surface area contributed by atoms with Crippen molar-refractivity contribution in [1.82, 2.24) is 9.97 Å². The van der Waals surface area contributed by atoms with Crippen LogP contribution in [0.25, 0.3) is 0 Å². The number of rotatable bonds is 1. The Bertz CT molecular complexity index is 312. The van der Waals surface area contributed by atoms with Crippen LogP contribution in [0.15, 0.2) is 6.20 Å². The van der Waals surface area contributed by atoms with Gasteiger partial charge in [-0.05, 0) is 0 Å². The minimum absolute atomic E-state index is 0.260. The van der Waals surface area contributed by atoms with Crippen LogP contribution in [0.2, 0.25) is 0 Å². The first kappa shape index (κ1) is 7.36. The van der Waals surface area contributed by atoms with Crippen molar-refractivity contribution in [3.8, 4) is 0 Å². The molecule has 62 valence electrons. The second kappa shape index (κ2) is 2.98. The summed E-state index contributed by atoms with van der Waals surface area (Å²) in [6.07, 6.45) is 3.10. The molecular weight excluding hydrogens is 156 g/mol. The van der Waals surface area contributed by atoms with Gasteiger partial charge in [0.25, 0.3) is 0 Å². The van der Waals surface area contributed by atoms with Gasteiger partial charge >= 0.3 is 0 Å². The molecule has 2 heterocycles. The maximum Gasteiger partial charge on any atom is 0.192 e. The largest absolute Gasteiger partial charge is 0.376 e. The lowest BCUT2D eigenvalue weighted by Gasteiger charge is -2.14. The quantitative estimate of drug-likeness (QED) is 0.562. The molecule has 0 atom stereocenters. The summed E-state index contributed by atoms with van der Waals surface area (Å²) < 4.78 is 5.20. The van der Waals surface area contributed by atoms with Crippen molar-refractivity contribution >= 4 is 6.29 Å². The van der Waals surface area contributed by atoms with Gasteiger partial charge in [0, 0.05) is 18.2 Å². The molecule has 4 nitrogen and oxygen atoms in total. The van der Waals surface area contributed by atoms with E-state index in [4.69, 9.17) is 4.74 Å². The maximum absolute atomic E-state index is 10.3. The van der Waals surface area contributed by atoms with E-state index < -0.39 is 0 Å². The molecule has 0 saturated carbocycles. The van der Waals surface area contributed by atoms with Gasteiger partial charge in [0.15, 0.2) is 12.1 Å². The van der Waals surface area contributed by atoms with Crippen LogP contribution in [-0.2, 0) is 17.8 Å². The molecule has 0 radical (unpaired) electrons. The third kappa shape index (κ3) is 1.21. The van der Waals surface area contributed by atoms with E-state index in [0.29, 0.717) is 19.5 Å². The normalized spacial score (nSPS) is 15.3.